The Morgan fingerprint density at radius 3 is 2.25 bits per heavy atom. The Morgan fingerprint density at radius 2 is 1.80 bits per heavy atom. The molecule has 1 N–H and O–H groups in total. The molecule has 1 atom stereocenters. The summed E-state index contributed by atoms with van der Waals surface area (Å²) in [5, 5.41) is 4.12. The van der Waals surface area contributed by atoms with E-state index in [1.54, 1.807) is 32.4 Å². The number of ether oxygens (including phenoxy) is 2. The second kappa shape index (κ2) is 7.53. The largest absolute Gasteiger partial charge is 0.497 e. The Balaban J connectivity index is 2.87. The van der Waals surface area contributed by atoms with E-state index >= 15 is 0 Å². The summed E-state index contributed by atoms with van der Waals surface area (Å²) >= 11 is 0. The van der Waals surface area contributed by atoms with E-state index in [4.69, 9.17) is 9.47 Å². The van der Waals surface area contributed by atoms with Gasteiger partial charge in [0.15, 0.2) is 0 Å². The Labute approximate surface area is 120 Å². The number of hydrazone groups is 1. The minimum atomic E-state index is -0.287. The molecular weight excluding hydrogens is 256 g/mol. The predicted octanol–water partition coefficient (Wildman–Crippen LogP) is 2.86. The number of amides is 1. The van der Waals surface area contributed by atoms with Gasteiger partial charge in [0.05, 0.1) is 14.2 Å². The van der Waals surface area contributed by atoms with Gasteiger partial charge in [0.1, 0.15) is 11.5 Å². The van der Waals surface area contributed by atoms with E-state index in [1.807, 2.05) is 6.92 Å². The van der Waals surface area contributed by atoms with E-state index in [9.17, 15) is 4.79 Å². The summed E-state index contributed by atoms with van der Waals surface area (Å²) in [6.07, 6.45) is 0.984. The van der Waals surface area contributed by atoms with Crippen LogP contribution in [-0.2, 0) is 0 Å². The molecule has 0 unspecified atom stereocenters. The first kappa shape index (κ1) is 16.0. The fourth-order valence-electron chi connectivity index (χ4n) is 1.55. The fraction of sp³-hybridized carbons (Fsp3) is 0.467. The second-order valence-corrected chi connectivity index (χ2v) is 4.60. The zero-order chi connectivity index (χ0) is 15.1. The molecule has 0 aliphatic rings. The minimum absolute atomic E-state index is 0.287. The van der Waals surface area contributed by atoms with Crippen LogP contribution in [0.5, 0.6) is 11.5 Å². The molecule has 1 aromatic carbocycles. The lowest BCUT2D eigenvalue weighted by Gasteiger charge is -2.09. The fourth-order valence-corrected chi connectivity index (χ4v) is 1.55. The Bertz CT molecular complexity index is 476. The summed E-state index contributed by atoms with van der Waals surface area (Å²) in [4.78, 5) is 12.1. The minimum Gasteiger partial charge on any atom is -0.497 e. The van der Waals surface area contributed by atoms with Crippen LogP contribution in [0.1, 0.15) is 37.6 Å². The van der Waals surface area contributed by atoms with Crippen LogP contribution >= 0.6 is 0 Å². The monoisotopic (exact) mass is 278 g/mol. The molecule has 0 fully saturated rings. The molecule has 1 aromatic rings. The SMILES string of the molecule is CC[C@@H](C)/C(C)=N\NC(=O)c1cc(OC)cc(OC)c1. The molecule has 110 valence electrons. The van der Waals surface area contributed by atoms with Gasteiger partial charge in [0, 0.05) is 17.3 Å². The van der Waals surface area contributed by atoms with Gasteiger partial charge >= 0.3 is 0 Å². The lowest BCUT2D eigenvalue weighted by atomic mass is 10.1. The van der Waals surface area contributed by atoms with Crippen molar-refractivity contribution in [3.63, 3.8) is 0 Å². The van der Waals surface area contributed by atoms with Gasteiger partial charge in [-0.1, -0.05) is 13.8 Å². The molecule has 0 spiro atoms. The Hall–Kier alpha value is -2.04. The molecule has 0 radical (unpaired) electrons. The van der Waals surface area contributed by atoms with Gasteiger partial charge in [-0.2, -0.15) is 5.10 Å². The van der Waals surface area contributed by atoms with Crippen LogP contribution < -0.4 is 14.9 Å². The highest BCUT2D eigenvalue weighted by atomic mass is 16.5. The van der Waals surface area contributed by atoms with Crippen molar-refractivity contribution in [2.45, 2.75) is 27.2 Å². The highest BCUT2D eigenvalue weighted by Crippen LogP contribution is 2.22. The average Bonchev–Trinajstić information content (AvgIpc) is 2.50. The standard InChI is InChI=1S/C15H22N2O3/c1-6-10(2)11(3)16-17-15(18)12-7-13(19-4)9-14(8-12)20-5/h7-10H,6H2,1-5H3,(H,17,18)/b16-11-/t10-/m1/s1. The third-order valence-electron chi connectivity index (χ3n) is 3.27. The van der Waals surface area contributed by atoms with Gasteiger partial charge in [-0.3, -0.25) is 4.79 Å². The lowest BCUT2D eigenvalue weighted by Crippen LogP contribution is -2.21. The maximum absolute atomic E-state index is 12.1. The van der Waals surface area contributed by atoms with Crippen LogP contribution in [0.4, 0.5) is 0 Å². The molecular formula is C15H22N2O3. The van der Waals surface area contributed by atoms with E-state index in [0.29, 0.717) is 23.0 Å². The van der Waals surface area contributed by atoms with E-state index in [2.05, 4.69) is 24.4 Å². The molecule has 0 aliphatic carbocycles. The van der Waals surface area contributed by atoms with Crippen molar-refractivity contribution >= 4 is 11.6 Å². The Kier molecular flexibility index (Phi) is 6.03. The van der Waals surface area contributed by atoms with E-state index < -0.39 is 0 Å². The van der Waals surface area contributed by atoms with Gasteiger partial charge in [-0.15, -0.1) is 0 Å². The van der Waals surface area contributed by atoms with Gasteiger partial charge < -0.3 is 9.47 Å². The van der Waals surface area contributed by atoms with Crippen LogP contribution in [0, 0.1) is 5.92 Å². The number of hydrogen-bond donors (Lipinski definition) is 1. The molecule has 0 aliphatic heterocycles. The number of methoxy groups -OCH3 is 2. The normalized spacial score (nSPS) is 12.8. The van der Waals surface area contributed by atoms with E-state index in [-0.39, 0.29) is 5.91 Å². The quantitative estimate of drug-likeness (QED) is 0.643. The van der Waals surface area contributed by atoms with Crippen molar-refractivity contribution < 1.29 is 14.3 Å². The highest BCUT2D eigenvalue weighted by molar-refractivity contribution is 5.96. The summed E-state index contributed by atoms with van der Waals surface area (Å²) in [6.45, 7) is 6.05. The number of nitrogens with one attached hydrogen (secondary N) is 1. The first-order valence-corrected chi connectivity index (χ1v) is 6.59. The third-order valence-corrected chi connectivity index (χ3v) is 3.27. The van der Waals surface area contributed by atoms with Crippen LogP contribution in [0.3, 0.4) is 0 Å². The first-order chi connectivity index (χ1) is 9.51. The number of carbonyl (C=O) groups excluding carboxylic acids is 1. The molecule has 20 heavy (non-hydrogen) atoms. The van der Waals surface area contributed by atoms with Crippen LogP contribution in [-0.4, -0.2) is 25.8 Å². The number of nitrogens with zero attached hydrogens (tertiary/aromatic N) is 1. The smallest absolute Gasteiger partial charge is 0.271 e. The number of rotatable bonds is 6. The molecule has 0 heterocycles. The molecule has 5 heteroatoms. The zero-order valence-corrected chi connectivity index (χ0v) is 12.7. The third kappa shape index (κ3) is 4.26. The van der Waals surface area contributed by atoms with Crippen LogP contribution in [0.15, 0.2) is 23.3 Å². The van der Waals surface area contributed by atoms with E-state index in [0.717, 1.165) is 12.1 Å². The van der Waals surface area contributed by atoms with Crippen molar-refractivity contribution in [2.24, 2.45) is 11.0 Å². The molecule has 0 saturated carbocycles. The molecule has 0 bridgehead atoms. The number of benzene rings is 1. The molecule has 1 amide bonds. The molecule has 0 aromatic heterocycles. The number of hydrogen-bond acceptors (Lipinski definition) is 4. The highest BCUT2D eigenvalue weighted by Gasteiger charge is 2.10. The van der Waals surface area contributed by atoms with Crippen LogP contribution in [0.2, 0.25) is 0 Å². The summed E-state index contributed by atoms with van der Waals surface area (Å²) < 4.78 is 10.3. The topological polar surface area (TPSA) is 59.9 Å². The second-order valence-electron chi connectivity index (χ2n) is 4.60. The van der Waals surface area contributed by atoms with Crippen molar-refractivity contribution in [2.75, 3.05) is 14.2 Å². The lowest BCUT2D eigenvalue weighted by molar-refractivity contribution is 0.0954. The molecule has 5 nitrogen and oxygen atoms in total. The van der Waals surface area contributed by atoms with Crippen LogP contribution in [0.25, 0.3) is 0 Å². The molecule has 0 saturated heterocycles. The maximum Gasteiger partial charge on any atom is 0.271 e. The zero-order valence-electron chi connectivity index (χ0n) is 12.7. The summed E-state index contributed by atoms with van der Waals surface area (Å²) in [5.41, 5.74) is 3.90. The van der Waals surface area contributed by atoms with Crippen molar-refractivity contribution in [3.8, 4) is 11.5 Å². The van der Waals surface area contributed by atoms with E-state index in [1.165, 1.54) is 0 Å². The van der Waals surface area contributed by atoms with Crippen molar-refractivity contribution in [1.82, 2.24) is 5.43 Å². The van der Waals surface area contributed by atoms with Crippen molar-refractivity contribution in [1.29, 1.82) is 0 Å². The Morgan fingerprint density at radius 1 is 1.25 bits per heavy atom. The predicted molar refractivity (Wildman–Crippen MR) is 79.6 cm³/mol. The summed E-state index contributed by atoms with van der Waals surface area (Å²) in [7, 11) is 3.09. The number of carbonyl (C=O) groups is 1. The summed E-state index contributed by atoms with van der Waals surface area (Å²) in [5.74, 6) is 1.19. The van der Waals surface area contributed by atoms with Gasteiger partial charge in [-0.05, 0) is 31.4 Å². The molecule has 1 rings (SSSR count). The van der Waals surface area contributed by atoms with Gasteiger partial charge in [-0.25, -0.2) is 5.43 Å². The van der Waals surface area contributed by atoms with Gasteiger partial charge in [0.25, 0.3) is 5.91 Å². The van der Waals surface area contributed by atoms with Crippen molar-refractivity contribution in [3.05, 3.63) is 23.8 Å². The maximum atomic E-state index is 12.1. The van der Waals surface area contributed by atoms with Gasteiger partial charge in [0.2, 0.25) is 0 Å². The summed E-state index contributed by atoms with van der Waals surface area (Å²) in [6, 6.07) is 5.00. The first-order valence-electron chi connectivity index (χ1n) is 6.59. The average molecular weight is 278 g/mol.